The molecule has 3 fully saturated rings. The molecule has 3 saturated heterocycles. The largest absolute Gasteiger partial charge is 0.416 e. The number of hydrogen-bond acceptors (Lipinski definition) is 5. The average molecular weight is 325 g/mol. The summed E-state index contributed by atoms with van der Waals surface area (Å²) in [5.41, 5.74) is -1.11. The molecule has 2 bridgehead atoms. The zero-order valence-corrected chi connectivity index (χ0v) is 15.0. The van der Waals surface area contributed by atoms with E-state index >= 15 is 0 Å². The Hall–Kier alpha value is -0.723. The summed E-state index contributed by atoms with van der Waals surface area (Å²) >= 11 is 0. The smallest absolute Gasteiger partial charge is 0.320 e. The minimum Gasteiger partial charge on any atom is -0.416 e. The Balaban J connectivity index is 1.71. The van der Waals surface area contributed by atoms with Crippen molar-refractivity contribution in [1.29, 1.82) is 0 Å². The maximum atomic E-state index is 12.1. The van der Waals surface area contributed by atoms with Crippen LogP contribution >= 0.6 is 0 Å². The predicted molar refractivity (Wildman–Crippen MR) is 81.4 cm³/mol. The number of esters is 2. The molecule has 2 unspecified atom stereocenters. The average Bonchev–Trinajstić information content (AvgIpc) is 2.96. The molecule has 0 spiro atoms. The lowest BCUT2D eigenvalue weighted by Gasteiger charge is -2.31. The Kier molecular flexibility index (Phi) is 3.58. The fourth-order valence-corrected chi connectivity index (χ4v) is 4.85. The second-order valence-electron chi connectivity index (χ2n) is 8.08. The molecule has 0 aromatic carbocycles. The highest BCUT2D eigenvalue weighted by molar-refractivity contribution is 6.53. The van der Waals surface area contributed by atoms with Crippen LogP contribution in [0.2, 0.25) is 11.6 Å². The molecule has 0 amide bonds. The Morgan fingerprint density at radius 2 is 1.86 bits per heavy atom. The van der Waals surface area contributed by atoms with Gasteiger partial charge in [-0.1, -0.05) is 20.8 Å². The Morgan fingerprint density at radius 3 is 2.50 bits per heavy atom. The molecule has 1 radical (unpaired) electrons. The van der Waals surface area contributed by atoms with Crippen LogP contribution in [0.4, 0.5) is 0 Å². The van der Waals surface area contributed by atoms with Gasteiger partial charge in [-0.2, -0.15) is 0 Å². The third-order valence-electron chi connectivity index (χ3n) is 5.65. The summed E-state index contributed by atoms with van der Waals surface area (Å²) in [7, 11) is -0.917. The van der Waals surface area contributed by atoms with Crippen LogP contribution in [0.25, 0.3) is 0 Å². The summed E-state index contributed by atoms with van der Waals surface area (Å²) in [6.45, 7) is 11.2. The monoisotopic (exact) mass is 325 g/mol. The normalized spacial score (nSPS) is 40.5. The van der Waals surface area contributed by atoms with Crippen LogP contribution in [0.5, 0.6) is 0 Å². The van der Waals surface area contributed by atoms with Gasteiger partial charge in [0.2, 0.25) is 9.04 Å². The first-order chi connectivity index (χ1) is 10.1. The van der Waals surface area contributed by atoms with E-state index in [9.17, 15) is 9.59 Å². The van der Waals surface area contributed by atoms with Crippen molar-refractivity contribution in [1.82, 2.24) is 0 Å². The lowest BCUT2D eigenvalue weighted by atomic mass is 9.67. The molecule has 0 aromatic heterocycles. The summed E-state index contributed by atoms with van der Waals surface area (Å²) in [6.07, 6.45) is 2.27. The summed E-state index contributed by atoms with van der Waals surface area (Å²) < 4.78 is 17.2. The summed E-state index contributed by atoms with van der Waals surface area (Å²) in [5, 5.41) is 0.174. The molecule has 5 nitrogen and oxygen atoms in total. The molecular formula is C16H25O5Si. The van der Waals surface area contributed by atoms with Crippen molar-refractivity contribution in [3.05, 3.63) is 0 Å². The number of carbonyl (C=O) groups is 2. The van der Waals surface area contributed by atoms with E-state index in [1.165, 1.54) is 0 Å². The zero-order chi connectivity index (χ0) is 16.3. The minimum absolute atomic E-state index is 0.174. The van der Waals surface area contributed by atoms with Crippen LogP contribution in [0.3, 0.4) is 0 Å². The Labute approximate surface area is 133 Å². The fourth-order valence-electron chi connectivity index (χ4n) is 4.01. The number of ether oxygens (including phenoxy) is 2. The number of fused-ring (bicyclic) bond motifs is 5. The molecule has 3 aliphatic heterocycles. The first-order valence-corrected chi connectivity index (χ1v) is 9.92. The highest BCUT2D eigenvalue weighted by atomic mass is 28.3. The summed E-state index contributed by atoms with van der Waals surface area (Å²) in [6, 6.07) is 0. The third-order valence-corrected chi connectivity index (χ3v) is 8.40. The van der Waals surface area contributed by atoms with Crippen molar-refractivity contribution in [3.8, 4) is 0 Å². The van der Waals surface area contributed by atoms with Crippen molar-refractivity contribution >= 4 is 21.0 Å². The minimum atomic E-state index is -0.917. The quantitative estimate of drug-likeness (QED) is 0.451. The highest BCUT2D eigenvalue weighted by Crippen LogP contribution is 2.61. The van der Waals surface area contributed by atoms with Gasteiger partial charge in [0.05, 0.1) is 11.2 Å². The number of rotatable bonds is 4. The molecule has 22 heavy (non-hydrogen) atoms. The molecule has 4 atom stereocenters. The van der Waals surface area contributed by atoms with Crippen LogP contribution in [0.15, 0.2) is 0 Å². The standard InChI is InChI=1S/C16H25O5Si/c1-14(2,3)22(5)19-9-8-16-7-6-15(4,21-16)10-11(16)13(18)20-12(10)17/h10-11H,6-9H2,1-5H3/t10-,11+,15?,16?/m1/s1. The Morgan fingerprint density at radius 1 is 1.23 bits per heavy atom. The van der Waals surface area contributed by atoms with Gasteiger partial charge >= 0.3 is 11.9 Å². The maximum absolute atomic E-state index is 12.1. The second-order valence-corrected chi connectivity index (χ2v) is 11.0. The highest BCUT2D eigenvalue weighted by Gasteiger charge is 2.73. The van der Waals surface area contributed by atoms with E-state index in [0.717, 1.165) is 12.8 Å². The lowest BCUT2D eigenvalue weighted by Crippen LogP contribution is -2.42. The predicted octanol–water partition coefficient (Wildman–Crippen LogP) is 2.45. The molecule has 0 N–H and O–H groups in total. The number of hydrogen-bond donors (Lipinski definition) is 0. The number of cyclic esters (lactones) is 2. The first-order valence-electron chi connectivity index (χ1n) is 8.02. The molecular weight excluding hydrogens is 300 g/mol. The second kappa shape index (κ2) is 4.88. The molecule has 0 aliphatic carbocycles. The van der Waals surface area contributed by atoms with Crippen LogP contribution in [0, 0.1) is 11.8 Å². The van der Waals surface area contributed by atoms with Gasteiger partial charge in [0.1, 0.15) is 11.8 Å². The molecule has 123 valence electrons. The van der Waals surface area contributed by atoms with Crippen molar-refractivity contribution in [2.75, 3.05) is 6.61 Å². The molecule has 3 aliphatic rings. The van der Waals surface area contributed by atoms with Crippen LogP contribution < -0.4 is 0 Å². The van der Waals surface area contributed by atoms with Crippen LogP contribution in [-0.4, -0.2) is 38.8 Å². The van der Waals surface area contributed by atoms with E-state index < -0.39 is 44.0 Å². The van der Waals surface area contributed by atoms with E-state index in [2.05, 4.69) is 27.3 Å². The molecule has 3 rings (SSSR count). The molecule has 0 saturated carbocycles. The van der Waals surface area contributed by atoms with E-state index in [1.807, 2.05) is 6.92 Å². The van der Waals surface area contributed by atoms with Gasteiger partial charge in [-0.25, -0.2) is 0 Å². The van der Waals surface area contributed by atoms with Crippen molar-refractivity contribution in [2.24, 2.45) is 11.8 Å². The topological polar surface area (TPSA) is 61.8 Å². The van der Waals surface area contributed by atoms with Gasteiger partial charge < -0.3 is 13.9 Å². The van der Waals surface area contributed by atoms with E-state index in [0.29, 0.717) is 13.0 Å². The van der Waals surface area contributed by atoms with E-state index in [1.54, 1.807) is 0 Å². The number of carbonyl (C=O) groups excluding carboxylic acids is 2. The van der Waals surface area contributed by atoms with E-state index in [4.69, 9.17) is 13.9 Å². The van der Waals surface area contributed by atoms with Crippen molar-refractivity contribution < 1.29 is 23.5 Å². The fraction of sp³-hybridized carbons (Fsp3) is 0.875. The van der Waals surface area contributed by atoms with Crippen LogP contribution in [-0.2, 0) is 23.5 Å². The van der Waals surface area contributed by atoms with Crippen LogP contribution in [0.1, 0.15) is 47.0 Å². The SMILES string of the molecule is C[Si](OCCC12CCC(C)(O1)[C@H]1C(=O)OC(=O)[C@H]12)C(C)(C)C. The zero-order valence-electron chi connectivity index (χ0n) is 14.0. The molecule has 0 aromatic rings. The summed E-state index contributed by atoms with van der Waals surface area (Å²) in [5.74, 6) is -1.68. The van der Waals surface area contributed by atoms with Gasteiger partial charge in [-0.05, 0) is 37.8 Å². The van der Waals surface area contributed by atoms with E-state index in [-0.39, 0.29) is 5.04 Å². The first kappa shape index (κ1) is 16.1. The lowest BCUT2D eigenvalue weighted by molar-refractivity contribution is -0.162. The van der Waals surface area contributed by atoms with Gasteiger partial charge in [0, 0.05) is 6.61 Å². The summed E-state index contributed by atoms with van der Waals surface area (Å²) in [4.78, 5) is 24.1. The van der Waals surface area contributed by atoms with Gasteiger partial charge in [-0.3, -0.25) is 9.59 Å². The van der Waals surface area contributed by atoms with Gasteiger partial charge in [0.15, 0.2) is 0 Å². The van der Waals surface area contributed by atoms with Gasteiger partial charge in [-0.15, -0.1) is 0 Å². The van der Waals surface area contributed by atoms with Crippen molar-refractivity contribution in [3.63, 3.8) is 0 Å². The maximum Gasteiger partial charge on any atom is 0.320 e. The van der Waals surface area contributed by atoms with Gasteiger partial charge in [0.25, 0.3) is 0 Å². The molecule has 6 heteroatoms. The molecule has 3 heterocycles. The Bertz CT molecular complexity index is 513. The van der Waals surface area contributed by atoms with Crippen molar-refractivity contribution in [2.45, 2.75) is 69.7 Å². The third kappa shape index (κ3) is 2.27.